The maximum absolute atomic E-state index is 12.3. The zero-order chi connectivity index (χ0) is 13.2. The molecule has 0 aromatic heterocycles. The van der Waals surface area contributed by atoms with Crippen molar-refractivity contribution < 1.29 is 4.79 Å². The first-order valence-corrected chi connectivity index (χ1v) is 7.17. The van der Waals surface area contributed by atoms with Gasteiger partial charge in [-0.05, 0) is 53.4 Å². The molecule has 0 radical (unpaired) electrons. The van der Waals surface area contributed by atoms with Crippen LogP contribution in [0.2, 0.25) is 0 Å². The third-order valence-corrected chi connectivity index (χ3v) is 4.23. The maximum Gasteiger partial charge on any atom is 0.244 e. The van der Waals surface area contributed by atoms with E-state index in [1.54, 1.807) is 0 Å². The highest BCUT2D eigenvalue weighted by atomic mass is 79.9. The number of nitrogens with one attached hydrogen (secondary N) is 1. The molecule has 0 unspecified atom stereocenters. The normalized spacial score (nSPS) is 18.4. The van der Waals surface area contributed by atoms with Crippen LogP contribution in [0.1, 0.15) is 37.7 Å². The minimum atomic E-state index is -0.692. The summed E-state index contributed by atoms with van der Waals surface area (Å²) in [6, 6.07) is 5.87. The van der Waals surface area contributed by atoms with Crippen LogP contribution in [-0.2, 0) is 4.79 Å². The monoisotopic (exact) mass is 310 g/mol. The molecule has 0 bridgehead atoms. The quantitative estimate of drug-likeness (QED) is 0.880. The van der Waals surface area contributed by atoms with Crippen LogP contribution in [0.25, 0.3) is 0 Å². The van der Waals surface area contributed by atoms with Crippen LogP contribution < -0.4 is 11.1 Å². The van der Waals surface area contributed by atoms with E-state index in [1.165, 1.54) is 6.42 Å². The third kappa shape index (κ3) is 2.93. The van der Waals surface area contributed by atoms with Gasteiger partial charge in [-0.15, -0.1) is 0 Å². The molecule has 0 atom stereocenters. The minimum absolute atomic E-state index is 0.0632. The van der Waals surface area contributed by atoms with E-state index in [4.69, 9.17) is 5.73 Å². The summed E-state index contributed by atoms with van der Waals surface area (Å²) in [6.45, 7) is 2.02. The Morgan fingerprint density at radius 1 is 1.33 bits per heavy atom. The molecule has 4 heteroatoms. The summed E-state index contributed by atoms with van der Waals surface area (Å²) in [4.78, 5) is 12.3. The van der Waals surface area contributed by atoms with E-state index >= 15 is 0 Å². The second-order valence-corrected chi connectivity index (χ2v) is 6.01. The molecule has 1 aliphatic rings. The van der Waals surface area contributed by atoms with Crippen LogP contribution >= 0.6 is 15.9 Å². The summed E-state index contributed by atoms with van der Waals surface area (Å²) in [5.41, 5.74) is 7.46. The number of nitrogens with two attached hydrogens (primary N) is 1. The molecule has 3 N–H and O–H groups in total. The van der Waals surface area contributed by atoms with Crippen LogP contribution in [0, 0.1) is 6.92 Å². The molecule has 3 nitrogen and oxygen atoms in total. The van der Waals surface area contributed by atoms with Crippen molar-refractivity contribution in [2.75, 3.05) is 5.32 Å². The zero-order valence-electron chi connectivity index (χ0n) is 10.6. The molecular formula is C14H19BrN2O. The summed E-state index contributed by atoms with van der Waals surface area (Å²) in [7, 11) is 0. The molecule has 98 valence electrons. The van der Waals surface area contributed by atoms with Gasteiger partial charge in [-0.2, -0.15) is 0 Å². The fourth-order valence-corrected chi connectivity index (χ4v) is 2.97. The number of benzene rings is 1. The van der Waals surface area contributed by atoms with Gasteiger partial charge in [0.2, 0.25) is 5.91 Å². The molecule has 2 rings (SSSR count). The Bertz CT molecular complexity index is 453. The van der Waals surface area contributed by atoms with Crippen LogP contribution in [0.5, 0.6) is 0 Å². The number of hydrogen-bond acceptors (Lipinski definition) is 2. The van der Waals surface area contributed by atoms with Gasteiger partial charge in [-0.3, -0.25) is 4.79 Å². The van der Waals surface area contributed by atoms with E-state index < -0.39 is 5.54 Å². The Hall–Kier alpha value is -0.870. The zero-order valence-corrected chi connectivity index (χ0v) is 12.2. The number of carbonyl (C=O) groups excluding carboxylic acids is 1. The van der Waals surface area contributed by atoms with Gasteiger partial charge in [0.05, 0.1) is 11.2 Å². The van der Waals surface area contributed by atoms with Crippen molar-refractivity contribution in [2.45, 2.75) is 44.6 Å². The van der Waals surface area contributed by atoms with Crippen LogP contribution in [0.4, 0.5) is 5.69 Å². The van der Waals surface area contributed by atoms with E-state index in [-0.39, 0.29) is 5.91 Å². The molecule has 1 amide bonds. The first-order valence-electron chi connectivity index (χ1n) is 6.38. The van der Waals surface area contributed by atoms with Gasteiger partial charge < -0.3 is 11.1 Å². The Morgan fingerprint density at radius 3 is 2.61 bits per heavy atom. The standard InChI is InChI=1S/C14H19BrN2O/c1-10-5-6-12(11(15)9-10)17-13(18)14(16)7-3-2-4-8-14/h5-6,9H,2-4,7-8,16H2,1H3,(H,17,18). The second-order valence-electron chi connectivity index (χ2n) is 5.15. The fraction of sp³-hybridized carbons (Fsp3) is 0.500. The van der Waals surface area contributed by atoms with Gasteiger partial charge in [0.25, 0.3) is 0 Å². The second kappa shape index (κ2) is 5.41. The van der Waals surface area contributed by atoms with Crippen molar-refractivity contribution in [2.24, 2.45) is 5.73 Å². The lowest BCUT2D eigenvalue weighted by Gasteiger charge is -2.31. The summed E-state index contributed by atoms with van der Waals surface area (Å²) in [6.07, 6.45) is 4.82. The first kappa shape index (κ1) is 13.6. The van der Waals surface area contributed by atoms with Gasteiger partial charge >= 0.3 is 0 Å². The van der Waals surface area contributed by atoms with E-state index in [0.29, 0.717) is 0 Å². The van der Waals surface area contributed by atoms with Crippen LogP contribution in [0.15, 0.2) is 22.7 Å². The summed E-state index contributed by atoms with van der Waals surface area (Å²) in [5.74, 6) is -0.0632. The Kier molecular flexibility index (Phi) is 4.07. The number of carbonyl (C=O) groups is 1. The first-order chi connectivity index (χ1) is 8.51. The smallest absolute Gasteiger partial charge is 0.244 e. The minimum Gasteiger partial charge on any atom is -0.323 e. The topological polar surface area (TPSA) is 55.1 Å². The van der Waals surface area contributed by atoms with Gasteiger partial charge in [0.1, 0.15) is 0 Å². The van der Waals surface area contributed by atoms with Crippen molar-refractivity contribution in [3.05, 3.63) is 28.2 Å². The summed E-state index contributed by atoms with van der Waals surface area (Å²) < 4.78 is 0.898. The van der Waals surface area contributed by atoms with Crippen molar-refractivity contribution in [3.8, 4) is 0 Å². The number of hydrogen-bond donors (Lipinski definition) is 2. The van der Waals surface area contributed by atoms with Crippen molar-refractivity contribution in [1.82, 2.24) is 0 Å². The van der Waals surface area contributed by atoms with Crippen molar-refractivity contribution >= 4 is 27.5 Å². The lowest BCUT2D eigenvalue weighted by molar-refractivity contribution is -0.122. The number of rotatable bonds is 2. The lowest BCUT2D eigenvalue weighted by Crippen LogP contribution is -2.52. The fourth-order valence-electron chi connectivity index (χ4n) is 2.38. The van der Waals surface area contributed by atoms with Gasteiger partial charge in [0, 0.05) is 4.47 Å². The number of halogens is 1. The van der Waals surface area contributed by atoms with Gasteiger partial charge in [-0.25, -0.2) is 0 Å². The molecule has 0 heterocycles. The lowest BCUT2D eigenvalue weighted by atomic mass is 9.82. The maximum atomic E-state index is 12.3. The molecular weight excluding hydrogens is 292 g/mol. The molecule has 1 saturated carbocycles. The summed E-state index contributed by atoms with van der Waals surface area (Å²) in [5, 5.41) is 2.94. The highest BCUT2D eigenvalue weighted by Crippen LogP contribution is 2.29. The van der Waals surface area contributed by atoms with Gasteiger partial charge in [-0.1, -0.05) is 25.3 Å². The van der Waals surface area contributed by atoms with Crippen molar-refractivity contribution in [3.63, 3.8) is 0 Å². The average molecular weight is 311 g/mol. The SMILES string of the molecule is Cc1ccc(NC(=O)C2(N)CCCCC2)c(Br)c1. The van der Waals surface area contributed by atoms with Crippen LogP contribution in [0.3, 0.4) is 0 Å². The number of amides is 1. The highest BCUT2D eigenvalue weighted by Gasteiger charge is 2.35. The van der Waals surface area contributed by atoms with E-state index in [9.17, 15) is 4.79 Å². The van der Waals surface area contributed by atoms with E-state index in [1.807, 2.05) is 25.1 Å². The molecule has 0 spiro atoms. The largest absolute Gasteiger partial charge is 0.323 e. The Balaban J connectivity index is 2.11. The molecule has 0 saturated heterocycles. The molecule has 1 fully saturated rings. The van der Waals surface area contributed by atoms with E-state index in [2.05, 4.69) is 21.2 Å². The Labute approximate surface area is 116 Å². The number of aryl methyl sites for hydroxylation is 1. The van der Waals surface area contributed by atoms with Crippen molar-refractivity contribution in [1.29, 1.82) is 0 Å². The predicted octanol–water partition coefficient (Wildman–Crippen LogP) is 3.36. The molecule has 1 aromatic rings. The van der Waals surface area contributed by atoms with Crippen LogP contribution in [-0.4, -0.2) is 11.4 Å². The third-order valence-electron chi connectivity index (χ3n) is 3.57. The predicted molar refractivity (Wildman–Crippen MR) is 77.5 cm³/mol. The average Bonchev–Trinajstić information content (AvgIpc) is 2.33. The Morgan fingerprint density at radius 2 is 2.00 bits per heavy atom. The highest BCUT2D eigenvalue weighted by molar-refractivity contribution is 9.10. The molecule has 0 aliphatic heterocycles. The molecule has 18 heavy (non-hydrogen) atoms. The molecule has 1 aliphatic carbocycles. The molecule has 1 aromatic carbocycles. The van der Waals surface area contributed by atoms with E-state index in [0.717, 1.165) is 41.4 Å². The number of anilines is 1. The van der Waals surface area contributed by atoms with Gasteiger partial charge in [0.15, 0.2) is 0 Å². The summed E-state index contributed by atoms with van der Waals surface area (Å²) >= 11 is 3.46.